The summed E-state index contributed by atoms with van der Waals surface area (Å²) < 4.78 is 1.90. The van der Waals surface area contributed by atoms with Crippen LogP contribution in [-0.4, -0.2) is 27.8 Å². The van der Waals surface area contributed by atoms with Crippen LogP contribution in [0.4, 0.5) is 0 Å². The topological polar surface area (TPSA) is 46.9 Å². The molecular formula is C14H17N3OS. The van der Waals surface area contributed by atoms with Gasteiger partial charge in [-0.1, -0.05) is 42.1 Å². The van der Waals surface area contributed by atoms with Gasteiger partial charge in [0.05, 0.1) is 5.75 Å². The molecule has 1 N–H and O–H groups in total. The van der Waals surface area contributed by atoms with Crippen LogP contribution in [0.1, 0.15) is 5.56 Å². The number of rotatable bonds is 6. The second kappa shape index (κ2) is 6.99. The normalized spacial score (nSPS) is 10.4. The zero-order valence-corrected chi connectivity index (χ0v) is 11.7. The fourth-order valence-corrected chi connectivity index (χ4v) is 2.43. The van der Waals surface area contributed by atoms with Gasteiger partial charge in [-0.25, -0.2) is 4.98 Å². The average Bonchev–Trinajstić information content (AvgIpc) is 2.83. The minimum Gasteiger partial charge on any atom is -0.355 e. The van der Waals surface area contributed by atoms with Crippen molar-refractivity contribution in [3.05, 3.63) is 48.3 Å². The lowest BCUT2D eigenvalue weighted by atomic mass is 10.1. The Kier molecular flexibility index (Phi) is 5.03. The number of nitrogens with one attached hydrogen (secondary N) is 1. The van der Waals surface area contributed by atoms with E-state index in [1.165, 1.54) is 17.3 Å². The van der Waals surface area contributed by atoms with Gasteiger partial charge in [-0.3, -0.25) is 4.79 Å². The van der Waals surface area contributed by atoms with E-state index in [2.05, 4.69) is 22.4 Å². The van der Waals surface area contributed by atoms with Crippen LogP contribution in [0.15, 0.2) is 47.9 Å². The Bertz CT molecular complexity index is 524. The Hall–Kier alpha value is -1.75. The predicted molar refractivity (Wildman–Crippen MR) is 77.1 cm³/mol. The molecule has 1 amide bonds. The SMILES string of the molecule is Cn1ccnc1SCC(=O)NCCc1ccccc1. The van der Waals surface area contributed by atoms with Crippen molar-refractivity contribution in [1.29, 1.82) is 0 Å². The summed E-state index contributed by atoms with van der Waals surface area (Å²) >= 11 is 1.45. The highest BCUT2D eigenvalue weighted by atomic mass is 32.2. The van der Waals surface area contributed by atoms with Gasteiger partial charge >= 0.3 is 0 Å². The van der Waals surface area contributed by atoms with Gasteiger partial charge in [-0.05, 0) is 12.0 Å². The molecule has 0 aliphatic carbocycles. The number of aryl methyl sites for hydroxylation is 1. The molecule has 0 aliphatic rings. The second-order valence-electron chi connectivity index (χ2n) is 4.19. The van der Waals surface area contributed by atoms with E-state index in [-0.39, 0.29) is 5.91 Å². The third-order valence-electron chi connectivity index (χ3n) is 2.69. The minimum atomic E-state index is 0.0453. The van der Waals surface area contributed by atoms with E-state index in [0.29, 0.717) is 12.3 Å². The molecule has 4 nitrogen and oxygen atoms in total. The molecule has 1 aromatic heterocycles. The van der Waals surface area contributed by atoms with Gasteiger partial charge in [-0.2, -0.15) is 0 Å². The van der Waals surface area contributed by atoms with E-state index in [9.17, 15) is 4.79 Å². The molecule has 0 spiro atoms. The maximum Gasteiger partial charge on any atom is 0.230 e. The summed E-state index contributed by atoms with van der Waals surface area (Å²) in [6.45, 7) is 0.671. The van der Waals surface area contributed by atoms with Crippen LogP contribution in [0.3, 0.4) is 0 Å². The first kappa shape index (κ1) is 13.7. The Balaban J connectivity index is 1.66. The first-order valence-corrected chi connectivity index (χ1v) is 7.15. The molecule has 0 radical (unpaired) electrons. The summed E-state index contributed by atoms with van der Waals surface area (Å²) in [7, 11) is 1.92. The number of amides is 1. The van der Waals surface area contributed by atoms with Crippen molar-refractivity contribution in [2.45, 2.75) is 11.6 Å². The Labute approximate surface area is 117 Å². The molecule has 1 heterocycles. The summed E-state index contributed by atoms with van der Waals surface area (Å²) in [5, 5.41) is 3.78. The van der Waals surface area contributed by atoms with Gasteiger partial charge in [0.1, 0.15) is 0 Å². The highest BCUT2D eigenvalue weighted by Gasteiger charge is 2.05. The van der Waals surface area contributed by atoms with Crippen molar-refractivity contribution >= 4 is 17.7 Å². The molecule has 19 heavy (non-hydrogen) atoms. The largest absolute Gasteiger partial charge is 0.355 e. The van der Waals surface area contributed by atoms with E-state index >= 15 is 0 Å². The number of carbonyl (C=O) groups is 1. The number of hydrogen-bond acceptors (Lipinski definition) is 3. The Morgan fingerprint density at radius 3 is 2.84 bits per heavy atom. The molecule has 0 aliphatic heterocycles. The highest BCUT2D eigenvalue weighted by Crippen LogP contribution is 2.13. The smallest absolute Gasteiger partial charge is 0.230 e. The van der Waals surface area contributed by atoms with Gasteiger partial charge in [0.2, 0.25) is 5.91 Å². The zero-order chi connectivity index (χ0) is 13.5. The molecule has 2 rings (SSSR count). The minimum absolute atomic E-state index is 0.0453. The highest BCUT2D eigenvalue weighted by molar-refractivity contribution is 7.99. The molecule has 2 aromatic rings. The van der Waals surface area contributed by atoms with Crippen LogP contribution in [-0.2, 0) is 18.3 Å². The summed E-state index contributed by atoms with van der Waals surface area (Å²) in [4.78, 5) is 15.8. The van der Waals surface area contributed by atoms with Crippen LogP contribution in [0, 0.1) is 0 Å². The van der Waals surface area contributed by atoms with E-state index in [1.807, 2.05) is 36.0 Å². The maximum absolute atomic E-state index is 11.7. The van der Waals surface area contributed by atoms with Gasteiger partial charge in [0, 0.05) is 26.0 Å². The molecule has 0 fully saturated rings. The van der Waals surface area contributed by atoms with Crippen molar-refractivity contribution in [3.8, 4) is 0 Å². The summed E-state index contributed by atoms with van der Waals surface area (Å²) in [6.07, 6.45) is 4.46. The van der Waals surface area contributed by atoms with E-state index in [1.54, 1.807) is 6.20 Å². The number of aromatic nitrogens is 2. The molecule has 5 heteroatoms. The molecule has 0 saturated carbocycles. The van der Waals surface area contributed by atoms with Crippen LogP contribution in [0.5, 0.6) is 0 Å². The van der Waals surface area contributed by atoms with Gasteiger partial charge in [0.25, 0.3) is 0 Å². The van der Waals surface area contributed by atoms with Crippen molar-refractivity contribution in [3.63, 3.8) is 0 Å². The third kappa shape index (κ3) is 4.44. The molecular weight excluding hydrogens is 258 g/mol. The van der Waals surface area contributed by atoms with E-state index in [4.69, 9.17) is 0 Å². The number of thioether (sulfide) groups is 1. The fraction of sp³-hybridized carbons (Fsp3) is 0.286. The van der Waals surface area contributed by atoms with Crippen molar-refractivity contribution in [1.82, 2.24) is 14.9 Å². The number of benzene rings is 1. The average molecular weight is 275 g/mol. The number of carbonyl (C=O) groups excluding carboxylic acids is 1. The maximum atomic E-state index is 11.7. The van der Waals surface area contributed by atoms with Gasteiger partial charge in [0.15, 0.2) is 5.16 Å². The Morgan fingerprint density at radius 2 is 2.16 bits per heavy atom. The Morgan fingerprint density at radius 1 is 1.37 bits per heavy atom. The molecule has 0 bridgehead atoms. The molecule has 100 valence electrons. The second-order valence-corrected chi connectivity index (χ2v) is 5.14. The van der Waals surface area contributed by atoms with Crippen molar-refractivity contribution in [2.75, 3.05) is 12.3 Å². The number of hydrogen-bond donors (Lipinski definition) is 1. The van der Waals surface area contributed by atoms with Crippen LogP contribution in [0.25, 0.3) is 0 Å². The van der Waals surface area contributed by atoms with E-state index in [0.717, 1.165) is 11.6 Å². The lowest BCUT2D eigenvalue weighted by molar-refractivity contribution is -0.118. The standard InChI is InChI=1S/C14H17N3OS/c1-17-10-9-16-14(17)19-11-13(18)15-8-7-12-5-3-2-4-6-12/h2-6,9-10H,7-8,11H2,1H3,(H,15,18). The summed E-state index contributed by atoms with van der Waals surface area (Å²) in [6, 6.07) is 10.1. The van der Waals surface area contributed by atoms with Gasteiger partial charge < -0.3 is 9.88 Å². The predicted octanol–water partition coefficient (Wildman–Crippen LogP) is 1.87. The monoisotopic (exact) mass is 275 g/mol. The lowest BCUT2D eigenvalue weighted by Gasteiger charge is -2.05. The van der Waals surface area contributed by atoms with E-state index < -0.39 is 0 Å². The van der Waals surface area contributed by atoms with Crippen LogP contribution in [0.2, 0.25) is 0 Å². The number of imidazole rings is 1. The number of nitrogens with zero attached hydrogens (tertiary/aromatic N) is 2. The zero-order valence-electron chi connectivity index (χ0n) is 10.9. The molecule has 0 atom stereocenters. The first-order valence-electron chi connectivity index (χ1n) is 6.16. The molecule has 0 saturated heterocycles. The van der Waals surface area contributed by atoms with Crippen LogP contribution >= 0.6 is 11.8 Å². The fourth-order valence-electron chi connectivity index (χ4n) is 1.66. The van der Waals surface area contributed by atoms with Gasteiger partial charge in [-0.15, -0.1) is 0 Å². The molecule has 1 aromatic carbocycles. The first-order chi connectivity index (χ1) is 9.25. The van der Waals surface area contributed by atoms with Crippen molar-refractivity contribution in [2.24, 2.45) is 7.05 Å². The molecule has 0 unspecified atom stereocenters. The lowest BCUT2D eigenvalue weighted by Crippen LogP contribution is -2.27. The van der Waals surface area contributed by atoms with Crippen molar-refractivity contribution < 1.29 is 4.79 Å². The third-order valence-corrected chi connectivity index (χ3v) is 3.75. The van der Waals surface area contributed by atoms with Crippen LogP contribution < -0.4 is 5.32 Å². The summed E-state index contributed by atoms with van der Waals surface area (Å²) in [5.41, 5.74) is 1.24. The summed E-state index contributed by atoms with van der Waals surface area (Å²) in [5.74, 6) is 0.448. The quantitative estimate of drug-likeness (QED) is 0.819.